The summed E-state index contributed by atoms with van der Waals surface area (Å²) in [6.07, 6.45) is 0.712. The van der Waals surface area contributed by atoms with Gasteiger partial charge in [0.05, 0.1) is 30.9 Å². The number of amides is 1. The highest BCUT2D eigenvalue weighted by Gasteiger charge is 2.23. The lowest BCUT2D eigenvalue weighted by molar-refractivity contribution is -0.131. The van der Waals surface area contributed by atoms with Crippen LogP contribution in [-0.4, -0.2) is 45.6 Å². The molecule has 2 rings (SSSR count). The van der Waals surface area contributed by atoms with Crippen molar-refractivity contribution < 1.29 is 29.3 Å². The fourth-order valence-corrected chi connectivity index (χ4v) is 3.91. The Morgan fingerprint density at radius 3 is 2.26 bits per heavy atom. The fourth-order valence-electron chi connectivity index (χ4n) is 3.91. The van der Waals surface area contributed by atoms with Gasteiger partial charge in [-0.05, 0) is 35.1 Å². The van der Waals surface area contributed by atoms with Gasteiger partial charge in [-0.3, -0.25) is 15.0 Å². The largest absolute Gasteiger partial charge is 0.392 e. The lowest BCUT2D eigenvalue weighted by Crippen LogP contribution is -2.26. The van der Waals surface area contributed by atoms with Gasteiger partial charge in [-0.1, -0.05) is 52.0 Å². The van der Waals surface area contributed by atoms with Crippen LogP contribution in [0.15, 0.2) is 30.3 Å². The molecular weight excluding hydrogens is 439 g/mol. The van der Waals surface area contributed by atoms with E-state index in [1.54, 1.807) is 31.4 Å². The third kappa shape index (κ3) is 7.17. The lowest BCUT2D eigenvalue weighted by atomic mass is 9.87. The molecule has 0 saturated heterocycles. The number of halogens is 1. The quantitative estimate of drug-likeness (QED) is 0.285. The summed E-state index contributed by atoms with van der Waals surface area (Å²) in [4.78, 5) is 16.2. The highest BCUT2D eigenvalue weighted by atomic mass is 19.1. The summed E-state index contributed by atoms with van der Waals surface area (Å²) in [5, 5.41) is 29.1. The van der Waals surface area contributed by atoms with E-state index in [0.717, 1.165) is 33.6 Å². The Bertz CT molecular complexity index is 990. The Morgan fingerprint density at radius 2 is 1.74 bits per heavy atom. The molecule has 7 nitrogen and oxygen atoms in total. The number of carbonyl (C=O) groups excluding carboxylic acids is 1. The fraction of sp³-hybridized carbons (Fsp3) is 0.462. The lowest BCUT2D eigenvalue weighted by Gasteiger charge is -2.23. The first-order valence-corrected chi connectivity index (χ1v) is 11.4. The molecule has 0 unspecified atom stereocenters. The van der Waals surface area contributed by atoms with Gasteiger partial charge < -0.3 is 14.9 Å². The molecule has 0 bridgehead atoms. The van der Waals surface area contributed by atoms with E-state index in [4.69, 9.17) is 14.9 Å². The van der Waals surface area contributed by atoms with Gasteiger partial charge in [-0.2, -0.15) is 0 Å². The second-order valence-corrected chi connectivity index (χ2v) is 8.95. The number of carbonyl (C=O) groups is 1. The van der Waals surface area contributed by atoms with Crippen molar-refractivity contribution >= 4 is 12.0 Å². The molecule has 4 N–H and O–H groups in total. The van der Waals surface area contributed by atoms with Gasteiger partial charge in [0.25, 0.3) is 0 Å². The van der Waals surface area contributed by atoms with Crippen molar-refractivity contribution in [3.05, 3.63) is 58.7 Å². The van der Waals surface area contributed by atoms with Gasteiger partial charge in [-0.25, -0.2) is 9.87 Å². The van der Waals surface area contributed by atoms with Gasteiger partial charge in [-0.15, -0.1) is 0 Å². The van der Waals surface area contributed by atoms with Gasteiger partial charge in [0.2, 0.25) is 5.91 Å². The number of benzene rings is 1. The topological polar surface area (TPSA) is 112 Å². The van der Waals surface area contributed by atoms with E-state index < -0.39 is 18.1 Å². The zero-order chi connectivity index (χ0) is 25.4. The van der Waals surface area contributed by atoms with Gasteiger partial charge >= 0.3 is 0 Å². The Hall–Kier alpha value is -2.65. The summed E-state index contributed by atoms with van der Waals surface area (Å²) < 4.78 is 19.2. The third-order valence-electron chi connectivity index (χ3n) is 5.46. The summed E-state index contributed by atoms with van der Waals surface area (Å²) in [6.45, 7) is 8.49. The first kappa shape index (κ1) is 27.6. The van der Waals surface area contributed by atoms with Crippen molar-refractivity contribution in [1.29, 1.82) is 0 Å². The molecule has 0 fully saturated rings. The van der Waals surface area contributed by atoms with Crippen molar-refractivity contribution in [3.8, 4) is 11.1 Å². The number of aromatic nitrogens is 1. The summed E-state index contributed by atoms with van der Waals surface area (Å²) in [5.41, 5.74) is 6.51. The molecule has 1 aromatic heterocycles. The minimum absolute atomic E-state index is 0.0592. The number of aliphatic hydroxyl groups is 2. The Balaban J connectivity index is 2.64. The molecule has 1 aromatic carbocycles. The number of methoxy groups -OCH3 is 1. The van der Waals surface area contributed by atoms with Crippen LogP contribution in [0.4, 0.5) is 4.39 Å². The van der Waals surface area contributed by atoms with Crippen LogP contribution in [0.5, 0.6) is 0 Å². The van der Waals surface area contributed by atoms with E-state index in [9.17, 15) is 19.4 Å². The molecule has 2 aromatic rings. The molecule has 1 heterocycles. The molecule has 0 aliphatic carbocycles. The smallest absolute Gasteiger partial charge is 0.245 e. The summed E-state index contributed by atoms with van der Waals surface area (Å²) >= 11 is 0. The van der Waals surface area contributed by atoms with Crippen LogP contribution in [-0.2, 0) is 16.1 Å². The van der Waals surface area contributed by atoms with Crippen LogP contribution in [0, 0.1) is 5.82 Å². The zero-order valence-electron chi connectivity index (χ0n) is 20.4. The number of hydroxylamine groups is 1. The summed E-state index contributed by atoms with van der Waals surface area (Å²) in [6, 6.07) is 6.23. The molecule has 0 radical (unpaired) electrons. The molecule has 0 saturated carbocycles. The second kappa shape index (κ2) is 12.7. The number of hydrogen-bond donors (Lipinski definition) is 4. The van der Waals surface area contributed by atoms with Crippen LogP contribution in [0.1, 0.15) is 74.9 Å². The molecule has 186 valence electrons. The van der Waals surface area contributed by atoms with Crippen molar-refractivity contribution in [2.24, 2.45) is 0 Å². The highest BCUT2D eigenvalue weighted by molar-refractivity contribution is 5.80. The Morgan fingerprint density at radius 1 is 1.12 bits per heavy atom. The minimum Gasteiger partial charge on any atom is -0.392 e. The van der Waals surface area contributed by atoms with Crippen LogP contribution >= 0.6 is 0 Å². The van der Waals surface area contributed by atoms with Crippen molar-refractivity contribution in [2.45, 2.75) is 71.2 Å². The van der Waals surface area contributed by atoms with Gasteiger partial charge in [0, 0.05) is 30.4 Å². The van der Waals surface area contributed by atoms with E-state index in [1.165, 1.54) is 17.6 Å². The maximum Gasteiger partial charge on any atom is 0.245 e. The normalized spacial score (nSPS) is 13.6. The minimum atomic E-state index is -1.13. The van der Waals surface area contributed by atoms with Crippen molar-refractivity contribution in [1.82, 2.24) is 10.5 Å². The molecule has 1 amide bonds. The van der Waals surface area contributed by atoms with Gasteiger partial charge in [0.1, 0.15) is 5.82 Å². The Labute approximate surface area is 200 Å². The number of rotatable bonds is 11. The number of hydrogen-bond acceptors (Lipinski definition) is 6. The maximum atomic E-state index is 13.7. The van der Waals surface area contributed by atoms with Crippen LogP contribution < -0.4 is 5.48 Å². The molecule has 8 heteroatoms. The van der Waals surface area contributed by atoms with E-state index in [2.05, 4.69) is 13.8 Å². The second-order valence-electron chi connectivity index (χ2n) is 8.95. The van der Waals surface area contributed by atoms with Crippen LogP contribution in [0.25, 0.3) is 17.2 Å². The number of pyridine rings is 1. The van der Waals surface area contributed by atoms with Crippen LogP contribution in [0.3, 0.4) is 0 Å². The van der Waals surface area contributed by atoms with Crippen molar-refractivity contribution in [2.75, 3.05) is 7.11 Å². The highest BCUT2D eigenvalue weighted by Crippen LogP contribution is 2.37. The van der Waals surface area contributed by atoms with E-state index >= 15 is 0 Å². The molecule has 34 heavy (non-hydrogen) atoms. The third-order valence-corrected chi connectivity index (χ3v) is 5.46. The number of ether oxygens (including phenoxy) is 1. The monoisotopic (exact) mass is 474 g/mol. The summed E-state index contributed by atoms with van der Waals surface area (Å²) in [5.74, 6) is -0.892. The molecule has 0 aliphatic heterocycles. The standard InChI is InChI=1S/C26H35FN2O5/c1-15(2)25-21(11-10-19(30)12-20(31)13-23(32)29-33)24(17-6-8-18(27)9-7-17)22(14-34-5)26(28-25)16(3)4/h6-11,15-16,19-20,30-31,33H,12-14H2,1-5H3,(H,29,32)/b11-10+/t19-,20-/m1/s1. The van der Waals surface area contributed by atoms with Crippen molar-refractivity contribution in [3.63, 3.8) is 0 Å². The predicted molar refractivity (Wildman–Crippen MR) is 129 cm³/mol. The predicted octanol–water partition coefficient (Wildman–Crippen LogP) is 4.30. The molecule has 2 atom stereocenters. The molecule has 0 aliphatic rings. The van der Waals surface area contributed by atoms with E-state index in [-0.39, 0.29) is 30.5 Å². The molecule has 0 spiro atoms. The Kier molecular flexibility index (Phi) is 10.3. The van der Waals surface area contributed by atoms with E-state index in [1.807, 2.05) is 13.8 Å². The summed E-state index contributed by atoms with van der Waals surface area (Å²) in [7, 11) is 1.61. The first-order valence-electron chi connectivity index (χ1n) is 11.4. The number of nitrogens with one attached hydrogen (secondary N) is 1. The first-order chi connectivity index (χ1) is 16.1. The van der Waals surface area contributed by atoms with Crippen LogP contribution in [0.2, 0.25) is 0 Å². The average Bonchev–Trinajstić information content (AvgIpc) is 2.77. The molecular formula is C26H35FN2O5. The van der Waals surface area contributed by atoms with E-state index in [0.29, 0.717) is 6.61 Å². The number of aliphatic hydroxyl groups excluding tert-OH is 2. The SMILES string of the molecule is COCc1c(C(C)C)nc(C(C)C)c(/C=C/[C@@H](O)C[C@@H](O)CC(=O)NO)c1-c1ccc(F)cc1. The maximum absolute atomic E-state index is 13.7. The average molecular weight is 475 g/mol. The zero-order valence-corrected chi connectivity index (χ0v) is 20.4. The van der Waals surface area contributed by atoms with Gasteiger partial charge in [0.15, 0.2) is 0 Å². The number of nitrogens with zero attached hydrogens (tertiary/aromatic N) is 1.